The number of rotatable bonds is 1. The zero-order chi connectivity index (χ0) is 11.0. The summed E-state index contributed by atoms with van der Waals surface area (Å²) in [6, 6.07) is 4.73. The summed E-state index contributed by atoms with van der Waals surface area (Å²) in [5, 5.41) is 25.6. The van der Waals surface area contributed by atoms with Crippen molar-refractivity contribution in [1.82, 2.24) is 10.2 Å². The molecule has 15 heavy (non-hydrogen) atoms. The fourth-order valence-corrected chi connectivity index (χ4v) is 1.38. The van der Waals surface area contributed by atoms with E-state index in [-0.39, 0.29) is 11.5 Å². The molecule has 5 N–H and O–H groups in total. The average molecular weight is 205 g/mol. The third kappa shape index (κ3) is 1.48. The number of phenols is 2. The first kappa shape index (κ1) is 9.39. The number of aromatic hydroxyl groups is 2. The highest BCUT2D eigenvalue weighted by molar-refractivity contribution is 5.71. The maximum atomic E-state index is 9.79. The highest BCUT2D eigenvalue weighted by Gasteiger charge is 2.11. The van der Waals surface area contributed by atoms with E-state index in [4.69, 9.17) is 5.73 Å². The van der Waals surface area contributed by atoms with Gasteiger partial charge in [0.15, 0.2) is 0 Å². The largest absolute Gasteiger partial charge is 0.508 e. The second kappa shape index (κ2) is 3.20. The van der Waals surface area contributed by atoms with E-state index in [1.807, 2.05) is 0 Å². The summed E-state index contributed by atoms with van der Waals surface area (Å²) >= 11 is 0. The van der Waals surface area contributed by atoms with Crippen LogP contribution in [0, 0.1) is 6.92 Å². The molecule has 0 unspecified atom stereocenters. The van der Waals surface area contributed by atoms with Crippen molar-refractivity contribution >= 4 is 5.82 Å². The topological polar surface area (TPSA) is 95.2 Å². The molecule has 1 aromatic carbocycles. The number of H-pyrrole nitrogens is 1. The molecule has 0 saturated heterocycles. The Morgan fingerprint density at radius 1 is 1.33 bits per heavy atom. The van der Waals surface area contributed by atoms with Crippen LogP contribution < -0.4 is 5.73 Å². The van der Waals surface area contributed by atoms with Gasteiger partial charge in [0.05, 0.1) is 5.69 Å². The summed E-state index contributed by atoms with van der Waals surface area (Å²) in [6.07, 6.45) is 0. The van der Waals surface area contributed by atoms with Gasteiger partial charge in [-0.05, 0) is 19.1 Å². The summed E-state index contributed by atoms with van der Waals surface area (Å²) < 4.78 is 0. The minimum absolute atomic E-state index is 0.0265. The average Bonchev–Trinajstić information content (AvgIpc) is 2.61. The lowest BCUT2D eigenvalue weighted by Crippen LogP contribution is -1.83. The van der Waals surface area contributed by atoms with Crippen LogP contribution in [0.25, 0.3) is 11.3 Å². The summed E-state index contributed by atoms with van der Waals surface area (Å²) in [5.41, 5.74) is 7.07. The van der Waals surface area contributed by atoms with Crippen LogP contribution in [0.1, 0.15) is 5.56 Å². The van der Waals surface area contributed by atoms with Gasteiger partial charge in [0.1, 0.15) is 17.3 Å². The van der Waals surface area contributed by atoms with Gasteiger partial charge in [0.2, 0.25) is 0 Å². The van der Waals surface area contributed by atoms with E-state index >= 15 is 0 Å². The third-order valence-electron chi connectivity index (χ3n) is 2.29. The normalized spacial score (nSPS) is 10.5. The van der Waals surface area contributed by atoms with Crippen LogP contribution in [0.5, 0.6) is 11.5 Å². The molecule has 0 atom stereocenters. The Hall–Kier alpha value is -2.17. The van der Waals surface area contributed by atoms with Crippen molar-refractivity contribution in [1.29, 1.82) is 0 Å². The molecule has 0 spiro atoms. The molecule has 78 valence electrons. The Balaban J connectivity index is 2.59. The summed E-state index contributed by atoms with van der Waals surface area (Å²) in [5.74, 6) is 0.442. The molecular formula is C10H11N3O2. The van der Waals surface area contributed by atoms with Gasteiger partial charge in [-0.25, -0.2) is 0 Å². The van der Waals surface area contributed by atoms with Crippen molar-refractivity contribution in [2.45, 2.75) is 6.92 Å². The van der Waals surface area contributed by atoms with Crippen molar-refractivity contribution in [3.8, 4) is 22.8 Å². The molecule has 0 bridgehead atoms. The molecular weight excluding hydrogens is 194 g/mol. The predicted octanol–water partition coefficient (Wildman–Crippen LogP) is 1.38. The van der Waals surface area contributed by atoms with Crippen molar-refractivity contribution in [2.24, 2.45) is 0 Å². The molecule has 0 saturated carbocycles. The van der Waals surface area contributed by atoms with E-state index in [1.54, 1.807) is 19.1 Å². The quantitative estimate of drug-likeness (QED) is 0.565. The Bertz CT molecular complexity index is 505. The van der Waals surface area contributed by atoms with Crippen LogP contribution in [0.3, 0.4) is 0 Å². The maximum Gasteiger partial charge on any atom is 0.145 e. The van der Waals surface area contributed by atoms with Crippen LogP contribution in [0.2, 0.25) is 0 Å². The standard InChI is InChI=1S/C10H11N3O2/c1-5-8(14)3-2-6(10(5)15)7-4-9(11)13-12-7/h2-4,14-15H,1H3,(H3,11,12,13). The second-order valence-electron chi connectivity index (χ2n) is 3.31. The molecule has 0 fully saturated rings. The Morgan fingerprint density at radius 2 is 2.07 bits per heavy atom. The molecule has 0 aliphatic carbocycles. The Morgan fingerprint density at radius 3 is 2.67 bits per heavy atom. The van der Waals surface area contributed by atoms with Crippen molar-refractivity contribution < 1.29 is 10.2 Å². The van der Waals surface area contributed by atoms with Gasteiger partial charge >= 0.3 is 0 Å². The van der Waals surface area contributed by atoms with Gasteiger partial charge in [0.25, 0.3) is 0 Å². The van der Waals surface area contributed by atoms with E-state index < -0.39 is 0 Å². The van der Waals surface area contributed by atoms with Gasteiger partial charge in [-0.1, -0.05) is 0 Å². The number of phenolic OH excluding ortho intramolecular Hbond substituents is 2. The van der Waals surface area contributed by atoms with Crippen LogP contribution in [-0.4, -0.2) is 20.4 Å². The van der Waals surface area contributed by atoms with E-state index in [0.29, 0.717) is 22.6 Å². The van der Waals surface area contributed by atoms with Gasteiger partial charge < -0.3 is 15.9 Å². The molecule has 5 heteroatoms. The van der Waals surface area contributed by atoms with E-state index in [1.165, 1.54) is 6.07 Å². The number of nitrogen functional groups attached to an aromatic ring is 1. The monoisotopic (exact) mass is 205 g/mol. The first-order valence-electron chi connectivity index (χ1n) is 4.42. The van der Waals surface area contributed by atoms with Gasteiger partial charge in [0, 0.05) is 17.2 Å². The van der Waals surface area contributed by atoms with Gasteiger partial charge in [-0.3, -0.25) is 5.10 Å². The molecule has 0 amide bonds. The first-order chi connectivity index (χ1) is 7.09. The predicted molar refractivity (Wildman–Crippen MR) is 56.5 cm³/mol. The first-order valence-corrected chi connectivity index (χ1v) is 4.42. The van der Waals surface area contributed by atoms with E-state index in [2.05, 4.69) is 10.2 Å². The summed E-state index contributed by atoms with van der Waals surface area (Å²) in [4.78, 5) is 0. The van der Waals surface area contributed by atoms with E-state index in [0.717, 1.165) is 0 Å². The second-order valence-corrected chi connectivity index (χ2v) is 3.31. The zero-order valence-electron chi connectivity index (χ0n) is 8.15. The maximum absolute atomic E-state index is 9.79. The number of aromatic amines is 1. The molecule has 5 nitrogen and oxygen atoms in total. The number of nitrogens with zero attached hydrogens (tertiary/aromatic N) is 1. The molecule has 1 aromatic heterocycles. The molecule has 1 heterocycles. The molecule has 0 aliphatic heterocycles. The molecule has 2 aromatic rings. The number of nitrogens with two attached hydrogens (primary N) is 1. The lowest BCUT2D eigenvalue weighted by Gasteiger charge is -2.06. The number of benzene rings is 1. The smallest absolute Gasteiger partial charge is 0.145 e. The fraction of sp³-hybridized carbons (Fsp3) is 0.100. The van der Waals surface area contributed by atoms with Crippen molar-refractivity contribution in [2.75, 3.05) is 5.73 Å². The fourth-order valence-electron chi connectivity index (χ4n) is 1.38. The number of hydrogen-bond acceptors (Lipinski definition) is 4. The Kier molecular flexibility index (Phi) is 2.00. The minimum atomic E-state index is 0.0265. The Labute approximate surface area is 86.2 Å². The van der Waals surface area contributed by atoms with Crippen LogP contribution in [0.4, 0.5) is 5.82 Å². The highest BCUT2D eigenvalue weighted by atomic mass is 16.3. The summed E-state index contributed by atoms with van der Waals surface area (Å²) in [7, 11) is 0. The SMILES string of the molecule is Cc1c(O)ccc(-c2cc(N)n[nH]2)c1O. The van der Waals surface area contributed by atoms with Crippen LogP contribution >= 0.6 is 0 Å². The summed E-state index contributed by atoms with van der Waals surface area (Å²) in [6.45, 7) is 1.63. The van der Waals surface area contributed by atoms with Crippen LogP contribution in [-0.2, 0) is 0 Å². The lowest BCUT2D eigenvalue weighted by atomic mass is 10.1. The van der Waals surface area contributed by atoms with E-state index in [9.17, 15) is 10.2 Å². The number of aromatic nitrogens is 2. The van der Waals surface area contributed by atoms with Gasteiger partial charge in [-0.15, -0.1) is 0 Å². The number of nitrogens with one attached hydrogen (secondary N) is 1. The molecule has 0 aliphatic rings. The molecule has 0 radical (unpaired) electrons. The van der Waals surface area contributed by atoms with Crippen LogP contribution in [0.15, 0.2) is 18.2 Å². The lowest BCUT2D eigenvalue weighted by molar-refractivity contribution is 0.444. The van der Waals surface area contributed by atoms with Gasteiger partial charge in [-0.2, -0.15) is 5.10 Å². The highest BCUT2D eigenvalue weighted by Crippen LogP contribution is 2.35. The molecule has 2 rings (SSSR count). The minimum Gasteiger partial charge on any atom is -0.508 e. The van der Waals surface area contributed by atoms with Crippen molar-refractivity contribution in [3.05, 3.63) is 23.8 Å². The number of anilines is 1. The third-order valence-corrected chi connectivity index (χ3v) is 2.29. The van der Waals surface area contributed by atoms with Crippen molar-refractivity contribution in [3.63, 3.8) is 0 Å². The zero-order valence-corrected chi connectivity index (χ0v) is 8.15. The number of hydrogen-bond donors (Lipinski definition) is 4.